The van der Waals surface area contributed by atoms with Crippen molar-refractivity contribution < 1.29 is 9.59 Å². The number of rotatable bonds is 8. The molecule has 1 aromatic heterocycles. The molecule has 0 spiro atoms. The second-order valence-electron chi connectivity index (χ2n) is 6.17. The molecule has 0 saturated heterocycles. The van der Waals surface area contributed by atoms with Crippen molar-refractivity contribution in [2.24, 2.45) is 0 Å². The third-order valence-corrected chi connectivity index (χ3v) is 4.94. The van der Waals surface area contributed by atoms with Crippen LogP contribution in [0.4, 0.5) is 0 Å². The lowest BCUT2D eigenvalue weighted by Crippen LogP contribution is -2.37. The third-order valence-electron chi connectivity index (χ3n) is 3.95. The van der Waals surface area contributed by atoms with Crippen molar-refractivity contribution in [2.75, 3.05) is 20.6 Å². The average Bonchev–Trinajstić information content (AvgIpc) is 3.09. The van der Waals surface area contributed by atoms with Gasteiger partial charge in [-0.05, 0) is 31.1 Å². The fraction of sp³-hybridized carbons (Fsp3) is 0.368. The van der Waals surface area contributed by atoms with Crippen LogP contribution >= 0.6 is 11.3 Å². The molecule has 0 saturated carbocycles. The van der Waals surface area contributed by atoms with Gasteiger partial charge in [-0.15, -0.1) is 11.3 Å². The maximum absolute atomic E-state index is 12.4. The number of hydrogen-bond donors (Lipinski definition) is 2. The van der Waals surface area contributed by atoms with Crippen LogP contribution in [-0.2, 0) is 9.59 Å². The second-order valence-corrected chi connectivity index (χ2v) is 7.15. The Labute approximate surface area is 153 Å². The molecule has 0 aliphatic heterocycles. The van der Waals surface area contributed by atoms with Gasteiger partial charge in [0.15, 0.2) is 0 Å². The van der Waals surface area contributed by atoms with Gasteiger partial charge >= 0.3 is 0 Å². The highest BCUT2D eigenvalue weighted by molar-refractivity contribution is 7.10. The molecule has 0 fully saturated rings. The summed E-state index contributed by atoms with van der Waals surface area (Å²) >= 11 is 1.54. The Balaban J connectivity index is 1.96. The largest absolute Gasteiger partial charge is 0.354 e. The molecule has 1 aromatic carbocycles. The number of carbonyl (C=O) groups is 2. The van der Waals surface area contributed by atoms with Crippen molar-refractivity contribution in [3.05, 3.63) is 58.3 Å². The molecule has 2 N–H and O–H groups in total. The average molecular weight is 359 g/mol. The molecule has 25 heavy (non-hydrogen) atoms. The second kappa shape index (κ2) is 9.34. The number of nitrogens with one attached hydrogen (secondary N) is 2. The number of thiophene rings is 1. The van der Waals surface area contributed by atoms with E-state index in [0.717, 1.165) is 10.4 Å². The van der Waals surface area contributed by atoms with Crippen molar-refractivity contribution >= 4 is 23.2 Å². The monoisotopic (exact) mass is 359 g/mol. The minimum absolute atomic E-state index is 0.0741. The van der Waals surface area contributed by atoms with Crippen LogP contribution in [-0.4, -0.2) is 37.4 Å². The number of likely N-dealkylation sites (N-methyl/N-ethyl adjacent to an activating group) is 1. The molecule has 0 radical (unpaired) electrons. The van der Waals surface area contributed by atoms with Crippen LogP contribution in [0.15, 0.2) is 47.8 Å². The van der Waals surface area contributed by atoms with Gasteiger partial charge in [0, 0.05) is 18.3 Å². The summed E-state index contributed by atoms with van der Waals surface area (Å²) in [5.74, 6) is -0.211. The van der Waals surface area contributed by atoms with E-state index in [1.807, 2.05) is 49.8 Å². The zero-order valence-electron chi connectivity index (χ0n) is 14.9. The molecule has 134 valence electrons. The Hall–Kier alpha value is -2.18. The molecule has 0 aliphatic rings. The van der Waals surface area contributed by atoms with Crippen molar-refractivity contribution in [3.63, 3.8) is 0 Å². The van der Waals surface area contributed by atoms with E-state index in [-0.39, 0.29) is 30.3 Å². The standard InChI is InChI=1S/C19H25N3O2S/c1-14(23)21-16(18-10-7-11-25-18)12-19(24)20-13-17(22(2)3)15-8-5-4-6-9-15/h4-11,16-17H,12-13H2,1-3H3,(H,20,24)(H,21,23)/t16-,17+/m1/s1. The molecule has 5 nitrogen and oxygen atoms in total. The molecule has 1 heterocycles. The first-order valence-corrected chi connectivity index (χ1v) is 9.14. The highest BCUT2D eigenvalue weighted by Gasteiger charge is 2.20. The van der Waals surface area contributed by atoms with Crippen LogP contribution in [0.2, 0.25) is 0 Å². The number of amides is 2. The summed E-state index contributed by atoms with van der Waals surface area (Å²) in [5.41, 5.74) is 1.16. The lowest BCUT2D eigenvalue weighted by Gasteiger charge is -2.25. The first-order chi connectivity index (χ1) is 12.0. The number of nitrogens with zero attached hydrogens (tertiary/aromatic N) is 1. The van der Waals surface area contributed by atoms with E-state index in [4.69, 9.17) is 0 Å². The number of carbonyl (C=O) groups excluding carboxylic acids is 2. The Bertz CT molecular complexity index is 671. The summed E-state index contributed by atoms with van der Waals surface area (Å²) in [6, 6.07) is 13.8. The van der Waals surface area contributed by atoms with E-state index in [1.54, 1.807) is 0 Å². The van der Waals surface area contributed by atoms with Crippen LogP contribution < -0.4 is 10.6 Å². The molecule has 2 rings (SSSR count). The van der Waals surface area contributed by atoms with E-state index in [1.165, 1.54) is 18.3 Å². The van der Waals surface area contributed by atoms with Gasteiger partial charge < -0.3 is 15.5 Å². The van der Waals surface area contributed by atoms with Gasteiger partial charge in [-0.25, -0.2) is 0 Å². The van der Waals surface area contributed by atoms with Gasteiger partial charge in [0.2, 0.25) is 11.8 Å². The van der Waals surface area contributed by atoms with Gasteiger partial charge in [0.1, 0.15) is 0 Å². The van der Waals surface area contributed by atoms with Crippen LogP contribution in [0.25, 0.3) is 0 Å². The summed E-state index contributed by atoms with van der Waals surface area (Å²) in [6.07, 6.45) is 0.231. The quantitative estimate of drug-likeness (QED) is 0.762. The lowest BCUT2D eigenvalue weighted by atomic mass is 10.1. The number of hydrogen-bond acceptors (Lipinski definition) is 4. The van der Waals surface area contributed by atoms with E-state index < -0.39 is 0 Å². The molecule has 0 aliphatic carbocycles. The predicted molar refractivity (Wildman–Crippen MR) is 101 cm³/mol. The highest BCUT2D eigenvalue weighted by atomic mass is 32.1. The van der Waals surface area contributed by atoms with Gasteiger partial charge in [0.05, 0.1) is 18.5 Å². The molecule has 2 atom stereocenters. The third kappa shape index (κ3) is 5.99. The minimum Gasteiger partial charge on any atom is -0.354 e. The highest BCUT2D eigenvalue weighted by Crippen LogP contribution is 2.22. The van der Waals surface area contributed by atoms with Gasteiger partial charge in [-0.1, -0.05) is 36.4 Å². The maximum Gasteiger partial charge on any atom is 0.222 e. The molecule has 2 amide bonds. The molecule has 0 unspecified atom stereocenters. The smallest absolute Gasteiger partial charge is 0.222 e. The summed E-state index contributed by atoms with van der Waals surface area (Å²) in [6.45, 7) is 1.99. The summed E-state index contributed by atoms with van der Waals surface area (Å²) in [4.78, 5) is 26.9. The topological polar surface area (TPSA) is 61.4 Å². The van der Waals surface area contributed by atoms with Crippen molar-refractivity contribution in [2.45, 2.75) is 25.4 Å². The van der Waals surface area contributed by atoms with Crippen LogP contribution in [0.5, 0.6) is 0 Å². The molecular weight excluding hydrogens is 334 g/mol. The minimum atomic E-state index is -0.285. The first kappa shape index (κ1) is 19.1. The first-order valence-electron chi connectivity index (χ1n) is 8.26. The fourth-order valence-electron chi connectivity index (χ4n) is 2.70. The zero-order chi connectivity index (χ0) is 18.2. The van der Waals surface area contributed by atoms with Crippen LogP contribution in [0.3, 0.4) is 0 Å². The SMILES string of the molecule is CC(=O)N[C@H](CC(=O)NC[C@@H](c1ccccc1)N(C)C)c1cccs1. The maximum atomic E-state index is 12.4. The Kier molecular flexibility index (Phi) is 7.16. The molecule has 0 bridgehead atoms. The zero-order valence-corrected chi connectivity index (χ0v) is 15.7. The Morgan fingerprint density at radius 1 is 1.12 bits per heavy atom. The fourth-order valence-corrected chi connectivity index (χ4v) is 3.48. The van der Waals surface area contributed by atoms with Gasteiger partial charge in [0.25, 0.3) is 0 Å². The molecular formula is C19H25N3O2S. The van der Waals surface area contributed by atoms with Gasteiger partial charge in [-0.3, -0.25) is 9.59 Å². The molecule has 2 aromatic rings. The summed E-state index contributed by atoms with van der Waals surface area (Å²) in [5, 5.41) is 7.80. The molecule has 6 heteroatoms. The van der Waals surface area contributed by atoms with Crippen LogP contribution in [0, 0.1) is 0 Å². The predicted octanol–water partition coefficient (Wildman–Crippen LogP) is 2.73. The van der Waals surface area contributed by atoms with E-state index >= 15 is 0 Å². The van der Waals surface area contributed by atoms with Crippen LogP contribution in [0.1, 0.15) is 35.9 Å². The van der Waals surface area contributed by atoms with Crippen molar-refractivity contribution in [1.29, 1.82) is 0 Å². The van der Waals surface area contributed by atoms with Gasteiger partial charge in [-0.2, -0.15) is 0 Å². The summed E-state index contributed by atoms with van der Waals surface area (Å²) < 4.78 is 0. The normalized spacial score (nSPS) is 13.3. The van der Waals surface area contributed by atoms with E-state index in [0.29, 0.717) is 6.54 Å². The lowest BCUT2D eigenvalue weighted by molar-refractivity contribution is -0.122. The van der Waals surface area contributed by atoms with E-state index in [2.05, 4.69) is 27.7 Å². The number of benzene rings is 1. The van der Waals surface area contributed by atoms with E-state index in [9.17, 15) is 9.59 Å². The Morgan fingerprint density at radius 2 is 1.84 bits per heavy atom. The Morgan fingerprint density at radius 3 is 2.40 bits per heavy atom. The van der Waals surface area contributed by atoms with Crippen molar-refractivity contribution in [1.82, 2.24) is 15.5 Å². The van der Waals surface area contributed by atoms with Crippen molar-refractivity contribution in [3.8, 4) is 0 Å². The summed E-state index contributed by atoms with van der Waals surface area (Å²) in [7, 11) is 3.99.